The van der Waals surface area contributed by atoms with Gasteiger partial charge in [0.15, 0.2) is 0 Å². The first-order valence-electron chi connectivity index (χ1n) is 9.25. The number of benzene rings is 3. The van der Waals surface area contributed by atoms with E-state index in [2.05, 4.69) is 10.0 Å². The maximum atomic E-state index is 13.5. The molecule has 0 bridgehead atoms. The summed E-state index contributed by atoms with van der Waals surface area (Å²) in [4.78, 5) is 12.8. The van der Waals surface area contributed by atoms with E-state index >= 15 is 0 Å². The Morgan fingerprint density at radius 1 is 1.06 bits per heavy atom. The first-order valence-corrected chi connectivity index (χ1v) is 11.1. The minimum atomic E-state index is -4.10. The van der Waals surface area contributed by atoms with Crippen LogP contribution >= 0.6 is 11.6 Å². The van der Waals surface area contributed by atoms with Gasteiger partial charge in [-0.25, -0.2) is 12.8 Å². The Hall–Kier alpha value is -2.94. The van der Waals surface area contributed by atoms with Gasteiger partial charge in [-0.2, -0.15) is 4.72 Å². The molecule has 0 aliphatic carbocycles. The molecule has 1 atom stereocenters. The van der Waals surface area contributed by atoms with Gasteiger partial charge in [0.05, 0.1) is 17.0 Å². The maximum Gasteiger partial charge on any atom is 0.242 e. The highest BCUT2D eigenvalue weighted by molar-refractivity contribution is 7.89. The molecule has 1 amide bonds. The summed E-state index contributed by atoms with van der Waals surface area (Å²) in [7, 11) is -2.68. The SMILES string of the molecule is COc1ccc(S(=O)(=O)N[C@@H](Cc2ccccc2)C(=O)Nc2cccc(F)c2)cc1Cl. The second kappa shape index (κ2) is 9.91. The van der Waals surface area contributed by atoms with Gasteiger partial charge in [-0.3, -0.25) is 4.79 Å². The van der Waals surface area contributed by atoms with Crippen molar-refractivity contribution in [3.05, 3.63) is 89.2 Å². The second-order valence-electron chi connectivity index (χ2n) is 6.66. The highest BCUT2D eigenvalue weighted by atomic mass is 35.5. The van der Waals surface area contributed by atoms with Crippen molar-refractivity contribution in [2.24, 2.45) is 0 Å². The molecule has 0 spiro atoms. The van der Waals surface area contributed by atoms with Gasteiger partial charge in [-0.05, 0) is 48.4 Å². The summed E-state index contributed by atoms with van der Waals surface area (Å²) < 4.78 is 46.8. The number of hydrogen-bond donors (Lipinski definition) is 2. The van der Waals surface area contributed by atoms with Gasteiger partial charge in [-0.15, -0.1) is 0 Å². The van der Waals surface area contributed by atoms with Gasteiger partial charge in [0.25, 0.3) is 0 Å². The van der Waals surface area contributed by atoms with Crippen LogP contribution in [0.15, 0.2) is 77.7 Å². The largest absolute Gasteiger partial charge is 0.495 e. The number of amides is 1. The van der Waals surface area contributed by atoms with E-state index in [0.29, 0.717) is 5.75 Å². The van der Waals surface area contributed by atoms with Gasteiger partial charge >= 0.3 is 0 Å². The summed E-state index contributed by atoms with van der Waals surface area (Å²) in [5.41, 5.74) is 0.965. The zero-order valence-corrected chi connectivity index (χ0v) is 18.1. The molecule has 0 heterocycles. The third kappa shape index (κ3) is 6.04. The van der Waals surface area contributed by atoms with Crippen LogP contribution in [0.4, 0.5) is 10.1 Å². The summed E-state index contributed by atoms with van der Waals surface area (Å²) in [6, 6.07) is 17.1. The number of sulfonamides is 1. The number of nitrogens with one attached hydrogen (secondary N) is 2. The van der Waals surface area contributed by atoms with Crippen molar-refractivity contribution in [1.29, 1.82) is 0 Å². The molecule has 9 heteroatoms. The molecule has 0 aliphatic rings. The molecule has 0 radical (unpaired) electrons. The number of rotatable bonds is 8. The average molecular weight is 463 g/mol. The number of methoxy groups -OCH3 is 1. The van der Waals surface area contributed by atoms with Crippen molar-refractivity contribution in [3.63, 3.8) is 0 Å². The predicted molar refractivity (Wildman–Crippen MR) is 117 cm³/mol. The lowest BCUT2D eigenvalue weighted by Crippen LogP contribution is -2.45. The van der Waals surface area contributed by atoms with Crippen LogP contribution in [0.3, 0.4) is 0 Å². The molecule has 0 aliphatic heterocycles. The number of carbonyl (C=O) groups is 1. The lowest BCUT2D eigenvalue weighted by molar-refractivity contribution is -0.117. The molecule has 6 nitrogen and oxygen atoms in total. The van der Waals surface area contributed by atoms with E-state index in [1.807, 2.05) is 6.07 Å². The van der Waals surface area contributed by atoms with E-state index in [0.717, 1.165) is 11.6 Å². The zero-order valence-electron chi connectivity index (χ0n) is 16.5. The van der Waals surface area contributed by atoms with E-state index in [4.69, 9.17) is 16.3 Å². The van der Waals surface area contributed by atoms with E-state index < -0.39 is 27.8 Å². The van der Waals surface area contributed by atoms with E-state index in [9.17, 15) is 17.6 Å². The molecule has 31 heavy (non-hydrogen) atoms. The molecule has 3 aromatic rings. The van der Waals surface area contributed by atoms with Gasteiger partial charge in [-0.1, -0.05) is 48.0 Å². The number of carbonyl (C=O) groups excluding carboxylic acids is 1. The summed E-state index contributed by atoms with van der Waals surface area (Å²) in [6.45, 7) is 0. The summed E-state index contributed by atoms with van der Waals surface area (Å²) in [5.74, 6) is -0.825. The van der Waals surface area contributed by atoms with E-state index in [1.54, 1.807) is 24.3 Å². The van der Waals surface area contributed by atoms with E-state index in [-0.39, 0.29) is 22.0 Å². The van der Waals surface area contributed by atoms with Crippen LogP contribution in [0.1, 0.15) is 5.56 Å². The highest BCUT2D eigenvalue weighted by Gasteiger charge is 2.27. The van der Waals surface area contributed by atoms with Crippen LogP contribution < -0.4 is 14.8 Å². The van der Waals surface area contributed by atoms with Crippen molar-refractivity contribution >= 4 is 33.2 Å². The van der Waals surface area contributed by atoms with Gasteiger partial charge in [0, 0.05) is 5.69 Å². The molecule has 3 aromatic carbocycles. The zero-order chi connectivity index (χ0) is 22.4. The van der Waals surface area contributed by atoms with Crippen molar-refractivity contribution in [1.82, 2.24) is 4.72 Å². The molecular formula is C22H20ClFN2O4S. The van der Waals surface area contributed by atoms with Crippen LogP contribution in [0.5, 0.6) is 5.75 Å². The fraction of sp³-hybridized carbons (Fsp3) is 0.136. The Bertz CT molecular complexity index is 1170. The Labute approximate surface area is 185 Å². The lowest BCUT2D eigenvalue weighted by atomic mass is 10.1. The second-order valence-corrected chi connectivity index (χ2v) is 8.78. The average Bonchev–Trinajstić information content (AvgIpc) is 2.74. The first-order chi connectivity index (χ1) is 14.8. The monoisotopic (exact) mass is 462 g/mol. The molecule has 0 unspecified atom stereocenters. The number of halogens is 2. The molecule has 0 aromatic heterocycles. The van der Waals surface area contributed by atoms with Crippen molar-refractivity contribution in [2.45, 2.75) is 17.4 Å². The molecule has 2 N–H and O–H groups in total. The maximum absolute atomic E-state index is 13.5. The topological polar surface area (TPSA) is 84.5 Å². The van der Waals surface area contributed by atoms with Crippen LogP contribution in [-0.2, 0) is 21.2 Å². The Balaban J connectivity index is 1.88. The quantitative estimate of drug-likeness (QED) is 0.529. The summed E-state index contributed by atoms with van der Waals surface area (Å²) in [5, 5.41) is 2.67. The minimum Gasteiger partial charge on any atom is -0.495 e. The molecule has 0 saturated heterocycles. The fourth-order valence-corrected chi connectivity index (χ4v) is 4.45. The summed E-state index contributed by atoms with van der Waals surface area (Å²) >= 11 is 6.05. The van der Waals surface area contributed by atoms with Crippen LogP contribution in [-0.4, -0.2) is 27.5 Å². The van der Waals surface area contributed by atoms with Gasteiger partial charge in [0.1, 0.15) is 17.6 Å². The van der Waals surface area contributed by atoms with Gasteiger partial charge < -0.3 is 10.1 Å². The molecule has 0 fully saturated rings. The van der Waals surface area contributed by atoms with Crippen molar-refractivity contribution < 1.29 is 22.3 Å². The minimum absolute atomic E-state index is 0.0884. The highest BCUT2D eigenvalue weighted by Crippen LogP contribution is 2.27. The molecule has 0 saturated carbocycles. The fourth-order valence-electron chi connectivity index (χ4n) is 2.90. The predicted octanol–water partition coefficient (Wildman–Crippen LogP) is 4.02. The van der Waals surface area contributed by atoms with Crippen LogP contribution in [0.2, 0.25) is 5.02 Å². The van der Waals surface area contributed by atoms with Crippen molar-refractivity contribution in [2.75, 3.05) is 12.4 Å². The normalized spacial score (nSPS) is 12.2. The van der Waals surface area contributed by atoms with E-state index in [1.165, 1.54) is 43.5 Å². The molecule has 3 rings (SSSR count). The van der Waals surface area contributed by atoms with Crippen molar-refractivity contribution in [3.8, 4) is 5.75 Å². The third-order valence-corrected chi connectivity index (χ3v) is 6.19. The number of ether oxygens (including phenoxy) is 1. The summed E-state index contributed by atoms with van der Waals surface area (Å²) in [6.07, 6.45) is 0.0884. The Morgan fingerprint density at radius 3 is 2.45 bits per heavy atom. The molecule has 162 valence electrons. The number of hydrogen-bond acceptors (Lipinski definition) is 4. The standard InChI is InChI=1S/C22H20ClFN2O4S/c1-30-21-11-10-18(14-19(21)23)31(28,29)26-20(12-15-6-3-2-4-7-15)22(27)25-17-9-5-8-16(24)13-17/h2-11,13-14,20,26H,12H2,1H3,(H,25,27)/t20-/m0/s1. The third-order valence-electron chi connectivity index (χ3n) is 4.42. The smallest absolute Gasteiger partial charge is 0.242 e. The first kappa shape index (κ1) is 22.7. The molecular weight excluding hydrogens is 443 g/mol. The van der Waals surface area contributed by atoms with Crippen LogP contribution in [0.25, 0.3) is 0 Å². The Morgan fingerprint density at radius 2 is 1.81 bits per heavy atom. The number of anilines is 1. The van der Waals surface area contributed by atoms with Crippen LogP contribution in [0, 0.1) is 5.82 Å². The lowest BCUT2D eigenvalue weighted by Gasteiger charge is -2.19. The van der Waals surface area contributed by atoms with Gasteiger partial charge in [0.2, 0.25) is 15.9 Å². The Kier molecular flexibility index (Phi) is 7.27.